The summed E-state index contributed by atoms with van der Waals surface area (Å²) in [5.41, 5.74) is 0.234. The second kappa shape index (κ2) is 23.3. The summed E-state index contributed by atoms with van der Waals surface area (Å²) in [6, 6.07) is 6.13. The van der Waals surface area contributed by atoms with Gasteiger partial charge in [-0.3, -0.25) is 24.2 Å². The Morgan fingerprint density at radius 3 is 2.28 bits per heavy atom. The topological polar surface area (TPSA) is 171 Å². The Labute approximate surface area is 419 Å². The van der Waals surface area contributed by atoms with Gasteiger partial charge in [0.25, 0.3) is 11.8 Å². The average Bonchev–Trinajstić information content (AvgIpc) is 3.75. The van der Waals surface area contributed by atoms with Gasteiger partial charge in [0.1, 0.15) is 52.8 Å². The lowest BCUT2D eigenvalue weighted by molar-refractivity contribution is -0.141. The fourth-order valence-corrected chi connectivity index (χ4v) is 9.15. The van der Waals surface area contributed by atoms with E-state index in [1.807, 2.05) is 0 Å². The first-order valence-corrected chi connectivity index (χ1v) is 24.8. The van der Waals surface area contributed by atoms with E-state index in [-0.39, 0.29) is 50.5 Å². The van der Waals surface area contributed by atoms with Crippen LogP contribution < -0.4 is 20.7 Å². The lowest BCUT2D eigenvalue weighted by atomic mass is 9.93. The van der Waals surface area contributed by atoms with Crippen molar-refractivity contribution in [3.8, 4) is 23.0 Å². The number of aliphatic hydroxyl groups is 1. The molecule has 3 heterocycles. The van der Waals surface area contributed by atoms with Gasteiger partial charge >= 0.3 is 12.4 Å². The maximum atomic E-state index is 15.3. The monoisotopic (exact) mass is 1080 g/mol. The van der Waals surface area contributed by atoms with E-state index < -0.39 is 118 Å². The van der Waals surface area contributed by atoms with Gasteiger partial charge in [-0.05, 0) is 74.3 Å². The molecule has 392 valence electrons. The van der Waals surface area contributed by atoms with Crippen molar-refractivity contribution in [2.75, 3.05) is 63.2 Å². The molecule has 2 fully saturated rings. The number of carbonyl (C=O) groups is 2. The molecule has 4 aromatic rings. The van der Waals surface area contributed by atoms with Crippen LogP contribution in [0.5, 0.6) is 0 Å². The zero-order valence-corrected chi connectivity index (χ0v) is 41.9. The van der Waals surface area contributed by atoms with Gasteiger partial charge in [0.2, 0.25) is 5.91 Å². The summed E-state index contributed by atoms with van der Waals surface area (Å²) >= 11 is 8.14. The normalized spacial score (nSPS) is 18.5. The fraction of sp³-hybridized carbons (Fsp3) is 0.457. The van der Waals surface area contributed by atoms with Crippen LogP contribution in [0.1, 0.15) is 50.2 Å². The van der Waals surface area contributed by atoms with Crippen LogP contribution in [0.2, 0.25) is 5.02 Å². The Morgan fingerprint density at radius 1 is 1.07 bits per heavy atom. The minimum Gasteiger partial charge on any atom is -0.400 e. The number of alkyl halides is 8. The first-order valence-electron chi connectivity index (χ1n) is 21.7. The highest BCUT2D eigenvalue weighted by Gasteiger charge is 2.52. The minimum absolute atomic E-state index is 0.0172. The zero-order chi connectivity index (χ0) is 53.7. The summed E-state index contributed by atoms with van der Waals surface area (Å²) in [6.45, 7) is 3.32. The molecule has 2 aromatic carbocycles. The number of rotatable bonds is 13. The van der Waals surface area contributed by atoms with Gasteiger partial charge in [0, 0.05) is 68.7 Å². The van der Waals surface area contributed by atoms with Crippen molar-refractivity contribution in [2.24, 2.45) is 16.6 Å². The first-order chi connectivity index (χ1) is 33.6. The van der Waals surface area contributed by atoms with Crippen LogP contribution >= 0.6 is 23.4 Å². The molecule has 1 saturated heterocycles. The van der Waals surface area contributed by atoms with E-state index in [9.17, 15) is 48.9 Å². The maximum Gasteiger partial charge on any atom is 0.431 e. The number of nitrogens with zero attached hydrogens (tertiary/aromatic N) is 6. The van der Waals surface area contributed by atoms with Crippen molar-refractivity contribution in [1.29, 1.82) is 0 Å². The lowest BCUT2D eigenvalue weighted by Crippen LogP contribution is -2.48. The summed E-state index contributed by atoms with van der Waals surface area (Å²) in [4.78, 5) is 38.0. The number of halogens is 11. The van der Waals surface area contributed by atoms with Gasteiger partial charge in [0.05, 0.1) is 39.0 Å². The van der Waals surface area contributed by atoms with Crippen LogP contribution in [0.15, 0.2) is 58.7 Å². The van der Waals surface area contributed by atoms with Crippen LogP contribution in [-0.2, 0) is 33.5 Å². The third-order valence-electron chi connectivity index (χ3n) is 11.3. The number of hydrogen-bond donors (Lipinski definition) is 4. The van der Waals surface area contributed by atoms with Gasteiger partial charge in [-0.25, -0.2) is 22.3 Å². The number of nitrogens with one attached hydrogen (secondary N) is 2. The van der Waals surface area contributed by atoms with Crippen molar-refractivity contribution in [3.63, 3.8) is 0 Å². The van der Waals surface area contributed by atoms with Crippen molar-refractivity contribution in [2.45, 2.75) is 69.2 Å². The number of thioether (sulfide) groups is 1. The number of aliphatic hydroxyl groups excluding tert-OH is 1. The summed E-state index contributed by atoms with van der Waals surface area (Å²) in [6.07, 6.45) is -8.91. The van der Waals surface area contributed by atoms with Crippen LogP contribution in [-0.4, -0.2) is 128 Å². The predicted molar refractivity (Wildman–Crippen MR) is 257 cm³/mol. The molecule has 1 saturated carbocycles. The molecule has 2 unspecified atom stereocenters. The number of anilines is 1. The smallest absolute Gasteiger partial charge is 0.400 e. The standard InChI is InChI=1S/C45H46ClF10N9O3S2.CH4O/c1-24-20-43(49,50)40(35(24)39(57)45(54,55)56)59-21-33(66)61-32(18-25-16-26(47)19-27(48)17-25)37-29(7-6-28(60-37)10-11-42(2,3)69-4)30-8-9-31(46)36-38(30)64(23-44(51,52)53)62-41(36)65(70(5)68)34(67)22-63-14-12-58-13-15-63;1-2/h6-9,16-17,19,24,32,58H,12-15,18,20-23,57H2,1-5H3,(H,61,66);2H,1H3/b39-35-,59-40?;/t24-,32?,70?;/m0./s1. The summed E-state index contributed by atoms with van der Waals surface area (Å²) in [5, 5.41) is 16.4. The first kappa shape index (κ1) is 57.6. The van der Waals surface area contributed by atoms with E-state index in [1.54, 1.807) is 25.0 Å². The fourth-order valence-electron chi connectivity index (χ4n) is 8.05. The molecule has 5 N–H and O–H groups in total. The number of carbonyl (C=O) groups excluding carboxylic acids is 2. The van der Waals surface area contributed by atoms with E-state index in [0.717, 1.165) is 36.7 Å². The van der Waals surface area contributed by atoms with E-state index in [0.29, 0.717) is 36.9 Å². The van der Waals surface area contributed by atoms with Gasteiger partial charge in [-0.2, -0.15) is 40.2 Å². The molecule has 2 aromatic heterocycles. The second-order valence-electron chi connectivity index (χ2n) is 17.0. The molecule has 0 bridgehead atoms. The SMILES string of the molecule is CO.CSC(C)(C)C#Cc1ccc(-c2ccc(Cl)c3c(N(C(=O)CN4CCNCC4)S(C)=O)nn(CC(F)(F)F)c23)c(C(Cc2cc(F)cc(F)c2)NC(=O)CN=C2/C(=C(\N)C(F)(F)F)[C@@H](C)CC2(F)F)n1. The van der Waals surface area contributed by atoms with Crippen LogP contribution in [0, 0.1) is 29.4 Å². The minimum atomic E-state index is -5.23. The van der Waals surface area contributed by atoms with Crippen LogP contribution in [0.4, 0.5) is 49.7 Å². The zero-order valence-electron chi connectivity index (χ0n) is 39.5. The molecule has 1 aliphatic carbocycles. The molecule has 2 aliphatic rings. The number of aromatic nitrogens is 3. The quantitative estimate of drug-likeness (QED) is 0.0776. The Hall–Kier alpha value is -5.26. The number of piperazine rings is 1. The Bertz CT molecular complexity index is 2800. The number of allylic oxidation sites excluding steroid dienone is 2. The summed E-state index contributed by atoms with van der Waals surface area (Å²) in [5.74, 6) is -3.99. The molecular weight excluding hydrogens is 1030 g/mol. The summed E-state index contributed by atoms with van der Waals surface area (Å²) < 4.78 is 159. The van der Waals surface area contributed by atoms with Crippen molar-refractivity contribution >= 4 is 68.6 Å². The highest BCUT2D eigenvalue weighted by Crippen LogP contribution is 2.45. The van der Waals surface area contributed by atoms with E-state index >= 15 is 8.78 Å². The number of hydrogen-bond acceptors (Lipinski definition) is 11. The number of amides is 2. The maximum absolute atomic E-state index is 15.3. The summed E-state index contributed by atoms with van der Waals surface area (Å²) in [7, 11) is -1.23. The number of benzene rings is 2. The molecule has 72 heavy (non-hydrogen) atoms. The number of aliphatic imine (C=N–C) groups is 1. The molecular formula is C46H50ClF10N9O4S2. The molecule has 2 amide bonds. The highest BCUT2D eigenvalue weighted by atomic mass is 35.5. The molecule has 26 heteroatoms. The largest absolute Gasteiger partial charge is 0.431 e. The van der Waals surface area contributed by atoms with E-state index in [1.165, 1.54) is 36.0 Å². The van der Waals surface area contributed by atoms with Gasteiger partial charge in [0.15, 0.2) is 5.82 Å². The van der Waals surface area contributed by atoms with Crippen molar-refractivity contribution in [1.82, 2.24) is 30.3 Å². The van der Waals surface area contributed by atoms with Gasteiger partial charge < -0.3 is 21.5 Å². The van der Waals surface area contributed by atoms with Crippen molar-refractivity contribution < 1.29 is 62.8 Å². The molecule has 3 atom stereocenters. The number of nitrogens with two attached hydrogens (primary N) is 1. The van der Waals surface area contributed by atoms with Gasteiger partial charge in [-0.1, -0.05) is 30.5 Å². The number of fused-ring (bicyclic) bond motifs is 1. The van der Waals surface area contributed by atoms with E-state index in [4.69, 9.17) is 27.4 Å². The Balaban J connectivity index is 0.00000475. The molecule has 6 rings (SSSR count). The third-order valence-corrected chi connectivity index (χ3v) is 13.6. The molecule has 0 spiro atoms. The molecule has 0 radical (unpaired) electrons. The average molecular weight is 1080 g/mol. The lowest BCUT2D eigenvalue weighted by Gasteiger charge is -2.28. The van der Waals surface area contributed by atoms with Crippen LogP contribution in [0.3, 0.4) is 0 Å². The second-order valence-corrected chi connectivity index (χ2v) is 20.1. The predicted octanol–water partition coefficient (Wildman–Crippen LogP) is 7.52. The van der Waals surface area contributed by atoms with Crippen LogP contribution in [0.25, 0.3) is 22.0 Å². The molecule has 13 nitrogen and oxygen atoms in total. The number of pyridine rings is 1. The Kier molecular flexibility index (Phi) is 18.7. The van der Waals surface area contributed by atoms with E-state index in [2.05, 4.69) is 32.6 Å². The third kappa shape index (κ3) is 14.1. The molecule has 1 aliphatic heterocycles. The highest BCUT2D eigenvalue weighted by molar-refractivity contribution is 8.00. The van der Waals surface area contributed by atoms with Gasteiger partial charge in [-0.15, -0.1) is 11.8 Å². The Morgan fingerprint density at radius 2 is 1.69 bits per heavy atom. The van der Waals surface area contributed by atoms with Crippen molar-refractivity contribution in [3.05, 3.63) is 87.3 Å².